The molecule has 2 nitrogen and oxygen atoms in total. The molecule has 1 heterocycles. The number of nitrogens with zero attached hydrogens (tertiary/aromatic N) is 1. The van der Waals surface area contributed by atoms with Gasteiger partial charge in [-0.15, -0.1) is 0 Å². The summed E-state index contributed by atoms with van der Waals surface area (Å²) in [6.45, 7) is 11.2. The summed E-state index contributed by atoms with van der Waals surface area (Å²) in [7, 11) is 0. The Morgan fingerprint density at radius 3 is 2.55 bits per heavy atom. The van der Waals surface area contributed by atoms with Crippen molar-refractivity contribution >= 4 is 5.69 Å². The first kappa shape index (κ1) is 15.4. The number of hydrogen-bond donors (Lipinski definition) is 1. The van der Waals surface area contributed by atoms with Crippen LogP contribution in [0.2, 0.25) is 0 Å². The summed E-state index contributed by atoms with van der Waals surface area (Å²) in [5, 5.41) is 3.40. The van der Waals surface area contributed by atoms with Gasteiger partial charge in [0.1, 0.15) is 0 Å². The van der Waals surface area contributed by atoms with Crippen LogP contribution >= 0.6 is 0 Å². The monoisotopic (exact) mass is 274 g/mol. The van der Waals surface area contributed by atoms with Crippen LogP contribution in [0.1, 0.15) is 50.7 Å². The maximum absolute atomic E-state index is 3.40. The first-order valence-electron chi connectivity index (χ1n) is 8.29. The molecule has 1 aromatic carbocycles. The Morgan fingerprint density at radius 1 is 1.20 bits per heavy atom. The Kier molecular flexibility index (Phi) is 5.90. The zero-order valence-corrected chi connectivity index (χ0v) is 13.4. The third-order valence-electron chi connectivity index (χ3n) is 4.49. The zero-order valence-electron chi connectivity index (χ0n) is 13.4. The maximum atomic E-state index is 3.40. The van der Waals surface area contributed by atoms with Crippen molar-refractivity contribution in [2.24, 2.45) is 5.92 Å². The molecule has 112 valence electrons. The SMILES string of the molecule is CCCC1CCN(c2ccc(CNCC)cc2C)CC1. The van der Waals surface area contributed by atoms with Crippen molar-refractivity contribution < 1.29 is 0 Å². The number of anilines is 1. The normalized spacial score (nSPS) is 16.6. The standard InChI is InChI=1S/C18H30N2/c1-4-6-16-9-11-20(12-10-16)18-8-7-17(13-15(18)3)14-19-5-2/h7-8,13,16,19H,4-6,9-12,14H2,1-3H3. The van der Waals surface area contributed by atoms with Gasteiger partial charge in [0.2, 0.25) is 0 Å². The average Bonchev–Trinajstić information content (AvgIpc) is 2.47. The van der Waals surface area contributed by atoms with E-state index in [4.69, 9.17) is 0 Å². The largest absolute Gasteiger partial charge is 0.371 e. The van der Waals surface area contributed by atoms with Crippen LogP contribution in [-0.2, 0) is 6.54 Å². The van der Waals surface area contributed by atoms with E-state index in [9.17, 15) is 0 Å². The van der Waals surface area contributed by atoms with Crippen LogP contribution in [0.4, 0.5) is 5.69 Å². The van der Waals surface area contributed by atoms with Gasteiger partial charge < -0.3 is 10.2 Å². The number of nitrogens with one attached hydrogen (secondary N) is 1. The van der Waals surface area contributed by atoms with Crippen LogP contribution in [0, 0.1) is 12.8 Å². The molecule has 0 aliphatic carbocycles. The van der Waals surface area contributed by atoms with Crippen LogP contribution in [0.5, 0.6) is 0 Å². The van der Waals surface area contributed by atoms with Gasteiger partial charge in [0, 0.05) is 25.3 Å². The second-order valence-corrected chi connectivity index (χ2v) is 6.12. The maximum Gasteiger partial charge on any atom is 0.0396 e. The second kappa shape index (κ2) is 7.68. The van der Waals surface area contributed by atoms with E-state index in [-0.39, 0.29) is 0 Å². The Bertz CT molecular complexity index is 406. The molecular weight excluding hydrogens is 244 g/mol. The molecule has 0 radical (unpaired) electrons. The van der Waals surface area contributed by atoms with Gasteiger partial charge in [-0.3, -0.25) is 0 Å². The van der Waals surface area contributed by atoms with Crippen molar-refractivity contribution in [2.75, 3.05) is 24.5 Å². The molecule has 20 heavy (non-hydrogen) atoms. The van der Waals surface area contributed by atoms with Crippen molar-refractivity contribution in [3.63, 3.8) is 0 Å². The van der Waals surface area contributed by atoms with Gasteiger partial charge in [-0.2, -0.15) is 0 Å². The Morgan fingerprint density at radius 2 is 1.95 bits per heavy atom. The molecule has 0 aromatic heterocycles. The van der Waals surface area contributed by atoms with Crippen LogP contribution in [0.15, 0.2) is 18.2 Å². The minimum absolute atomic E-state index is 0.963. The van der Waals surface area contributed by atoms with E-state index in [0.29, 0.717) is 0 Å². The molecule has 0 unspecified atom stereocenters. The molecule has 0 saturated carbocycles. The molecule has 2 rings (SSSR count). The number of piperidine rings is 1. The van der Waals surface area contributed by atoms with Crippen molar-refractivity contribution in [2.45, 2.75) is 53.0 Å². The molecule has 2 heteroatoms. The minimum atomic E-state index is 0.963. The summed E-state index contributed by atoms with van der Waals surface area (Å²) in [4.78, 5) is 2.58. The fourth-order valence-corrected chi connectivity index (χ4v) is 3.32. The highest BCUT2D eigenvalue weighted by Crippen LogP contribution is 2.28. The summed E-state index contributed by atoms with van der Waals surface area (Å²) in [5.74, 6) is 0.963. The van der Waals surface area contributed by atoms with Gasteiger partial charge in [0.15, 0.2) is 0 Å². The first-order chi connectivity index (χ1) is 9.74. The van der Waals surface area contributed by atoms with Gasteiger partial charge in [-0.25, -0.2) is 0 Å². The van der Waals surface area contributed by atoms with E-state index < -0.39 is 0 Å². The molecule has 1 aromatic rings. The van der Waals surface area contributed by atoms with Crippen LogP contribution in [0.3, 0.4) is 0 Å². The fraction of sp³-hybridized carbons (Fsp3) is 0.667. The Balaban J connectivity index is 1.96. The third kappa shape index (κ3) is 3.99. The molecule has 0 bridgehead atoms. The van der Waals surface area contributed by atoms with Gasteiger partial charge in [-0.1, -0.05) is 38.8 Å². The molecule has 1 fully saturated rings. The van der Waals surface area contributed by atoms with Crippen molar-refractivity contribution in [1.82, 2.24) is 5.32 Å². The third-order valence-corrected chi connectivity index (χ3v) is 4.49. The molecule has 0 spiro atoms. The molecular formula is C18H30N2. The van der Waals surface area contributed by atoms with Crippen LogP contribution in [-0.4, -0.2) is 19.6 Å². The van der Waals surface area contributed by atoms with Crippen LogP contribution in [0.25, 0.3) is 0 Å². The fourth-order valence-electron chi connectivity index (χ4n) is 3.32. The molecule has 1 N–H and O–H groups in total. The lowest BCUT2D eigenvalue weighted by Crippen LogP contribution is -2.34. The summed E-state index contributed by atoms with van der Waals surface area (Å²) < 4.78 is 0. The highest BCUT2D eigenvalue weighted by molar-refractivity contribution is 5.54. The van der Waals surface area contributed by atoms with E-state index in [1.807, 2.05) is 0 Å². The highest BCUT2D eigenvalue weighted by atomic mass is 15.1. The molecule has 1 aliphatic heterocycles. The smallest absolute Gasteiger partial charge is 0.0396 e. The minimum Gasteiger partial charge on any atom is -0.371 e. The molecule has 0 amide bonds. The Hall–Kier alpha value is -1.02. The average molecular weight is 274 g/mol. The van der Waals surface area contributed by atoms with Crippen molar-refractivity contribution in [1.29, 1.82) is 0 Å². The van der Waals surface area contributed by atoms with Gasteiger partial charge in [0.25, 0.3) is 0 Å². The van der Waals surface area contributed by atoms with Gasteiger partial charge in [0.05, 0.1) is 0 Å². The van der Waals surface area contributed by atoms with E-state index in [0.717, 1.165) is 19.0 Å². The van der Waals surface area contributed by atoms with Gasteiger partial charge in [-0.05, 0) is 49.4 Å². The van der Waals surface area contributed by atoms with Crippen molar-refractivity contribution in [3.8, 4) is 0 Å². The predicted molar refractivity (Wildman–Crippen MR) is 88.4 cm³/mol. The second-order valence-electron chi connectivity index (χ2n) is 6.12. The summed E-state index contributed by atoms with van der Waals surface area (Å²) in [6, 6.07) is 6.95. The number of benzene rings is 1. The van der Waals surface area contributed by atoms with Gasteiger partial charge >= 0.3 is 0 Å². The van der Waals surface area contributed by atoms with E-state index in [1.54, 1.807) is 0 Å². The first-order valence-corrected chi connectivity index (χ1v) is 8.29. The lowest BCUT2D eigenvalue weighted by Gasteiger charge is -2.34. The topological polar surface area (TPSA) is 15.3 Å². The molecule has 1 saturated heterocycles. The number of hydrogen-bond acceptors (Lipinski definition) is 2. The summed E-state index contributed by atoms with van der Waals surface area (Å²) in [6.07, 6.45) is 5.48. The number of rotatable bonds is 6. The summed E-state index contributed by atoms with van der Waals surface area (Å²) >= 11 is 0. The summed E-state index contributed by atoms with van der Waals surface area (Å²) in [5.41, 5.74) is 4.27. The quantitative estimate of drug-likeness (QED) is 0.839. The zero-order chi connectivity index (χ0) is 14.4. The lowest BCUT2D eigenvalue weighted by atomic mass is 9.92. The lowest BCUT2D eigenvalue weighted by molar-refractivity contribution is 0.378. The predicted octanol–water partition coefficient (Wildman–Crippen LogP) is 4.12. The van der Waals surface area contributed by atoms with Crippen molar-refractivity contribution in [3.05, 3.63) is 29.3 Å². The molecule has 1 aliphatic rings. The van der Waals surface area contributed by atoms with E-state index in [2.05, 4.69) is 49.2 Å². The highest BCUT2D eigenvalue weighted by Gasteiger charge is 2.19. The molecule has 0 atom stereocenters. The number of aryl methyl sites for hydroxylation is 1. The van der Waals surface area contributed by atoms with Crippen LogP contribution < -0.4 is 10.2 Å². The van der Waals surface area contributed by atoms with E-state index >= 15 is 0 Å². The Labute approximate surface area is 124 Å². The van der Waals surface area contributed by atoms with E-state index in [1.165, 1.54) is 55.6 Å².